The highest BCUT2D eigenvalue weighted by Gasteiger charge is 2.22. The molecule has 1 fully saturated rings. The van der Waals surface area contributed by atoms with Crippen LogP contribution < -0.4 is 4.90 Å². The first-order valence-corrected chi connectivity index (χ1v) is 7.64. The molecule has 0 saturated carbocycles. The molecule has 0 aromatic heterocycles. The number of nitrogens with zero attached hydrogens (tertiary/aromatic N) is 3. The molecular weight excluding hydrogens is 301 g/mol. The number of hydrogen-bond donors (Lipinski definition) is 0. The third kappa shape index (κ3) is 4.92. The highest BCUT2D eigenvalue weighted by atomic mass is 19.1. The first kappa shape index (κ1) is 17.2. The van der Waals surface area contributed by atoms with Gasteiger partial charge in [0.15, 0.2) is 5.71 Å². The standard InChI is InChI=1S/C16H22FN3O3/c1-3-23-16(21)15(18-22-2)12-19-8-10-20(11-9-19)14-6-4-13(17)5-7-14/h4-7H,3,8-12H2,1-2H3/b18-15-. The van der Waals surface area contributed by atoms with Crippen molar-refractivity contribution in [3.63, 3.8) is 0 Å². The van der Waals surface area contributed by atoms with Gasteiger partial charge < -0.3 is 14.5 Å². The zero-order valence-electron chi connectivity index (χ0n) is 13.5. The van der Waals surface area contributed by atoms with E-state index in [2.05, 4.69) is 15.0 Å². The van der Waals surface area contributed by atoms with Gasteiger partial charge in [0.05, 0.1) is 13.2 Å². The number of esters is 1. The van der Waals surface area contributed by atoms with Gasteiger partial charge in [-0.15, -0.1) is 0 Å². The monoisotopic (exact) mass is 323 g/mol. The van der Waals surface area contributed by atoms with E-state index in [1.54, 1.807) is 19.1 Å². The number of benzene rings is 1. The predicted octanol–water partition coefficient (Wildman–Crippen LogP) is 1.51. The fourth-order valence-corrected chi connectivity index (χ4v) is 2.48. The van der Waals surface area contributed by atoms with E-state index in [9.17, 15) is 9.18 Å². The van der Waals surface area contributed by atoms with Crippen molar-refractivity contribution in [1.29, 1.82) is 0 Å². The second kappa shape index (κ2) is 8.47. The minimum Gasteiger partial charge on any atom is -0.461 e. The summed E-state index contributed by atoms with van der Waals surface area (Å²) in [6, 6.07) is 6.49. The Morgan fingerprint density at radius 2 is 1.87 bits per heavy atom. The fraction of sp³-hybridized carbons (Fsp3) is 0.500. The lowest BCUT2D eigenvalue weighted by molar-refractivity contribution is -0.135. The number of rotatable bonds is 6. The van der Waals surface area contributed by atoms with Gasteiger partial charge in [-0.1, -0.05) is 5.16 Å². The third-order valence-corrected chi connectivity index (χ3v) is 3.65. The molecule has 1 saturated heterocycles. The molecule has 23 heavy (non-hydrogen) atoms. The zero-order valence-corrected chi connectivity index (χ0v) is 13.5. The lowest BCUT2D eigenvalue weighted by Crippen LogP contribution is -2.49. The number of ether oxygens (including phenoxy) is 1. The van der Waals surface area contributed by atoms with Crippen LogP contribution in [-0.4, -0.2) is 63.0 Å². The second-order valence-electron chi connectivity index (χ2n) is 5.18. The maximum absolute atomic E-state index is 13.0. The van der Waals surface area contributed by atoms with Crippen molar-refractivity contribution in [3.8, 4) is 0 Å². The molecule has 1 aliphatic heterocycles. The van der Waals surface area contributed by atoms with E-state index in [4.69, 9.17) is 9.57 Å². The largest absolute Gasteiger partial charge is 0.461 e. The number of anilines is 1. The molecule has 0 amide bonds. The summed E-state index contributed by atoms with van der Waals surface area (Å²) in [5.74, 6) is -0.683. The van der Waals surface area contributed by atoms with E-state index in [1.165, 1.54) is 19.2 Å². The number of hydrogen-bond acceptors (Lipinski definition) is 6. The van der Waals surface area contributed by atoms with Crippen molar-refractivity contribution < 1.29 is 18.8 Å². The molecule has 1 aromatic rings. The molecule has 126 valence electrons. The fourth-order valence-electron chi connectivity index (χ4n) is 2.48. The van der Waals surface area contributed by atoms with Gasteiger partial charge in [0.2, 0.25) is 0 Å². The molecule has 0 spiro atoms. The van der Waals surface area contributed by atoms with E-state index in [0.29, 0.717) is 13.2 Å². The lowest BCUT2D eigenvalue weighted by Gasteiger charge is -2.35. The molecule has 0 bridgehead atoms. The Kier molecular flexibility index (Phi) is 6.34. The van der Waals surface area contributed by atoms with Crippen LogP contribution in [0, 0.1) is 5.82 Å². The van der Waals surface area contributed by atoms with Gasteiger partial charge in [-0.05, 0) is 31.2 Å². The molecule has 0 aliphatic carbocycles. The van der Waals surface area contributed by atoms with Crippen molar-refractivity contribution >= 4 is 17.4 Å². The Morgan fingerprint density at radius 3 is 2.43 bits per heavy atom. The molecule has 0 N–H and O–H groups in total. The van der Waals surface area contributed by atoms with E-state index in [1.807, 2.05) is 0 Å². The van der Waals surface area contributed by atoms with Crippen molar-refractivity contribution in [2.45, 2.75) is 6.92 Å². The average Bonchev–Trinajstić information content (AvgIpc) is 2.56. The normalized spacial score (nSPS) is 16.3. The minimum absolute atomic E-state index is 0.234. The maximum Gasteiger partial charge on any atom is 0.357 e. The van der Waals surface area contributed by atoms with Crippen molar-refractivity contribution in [1.82, 2.24) is 4.90 Å². The van der Waals surface area contributed by atoms with Gasteiger partial charge in [0.1, 0.15) is 12.9 Å². The van der Waals surface area contributed by atoms with Crippen molar-refractivity contribution in [3.05, 3.63) is 30.1 Å². The lowest BCUT2D eigenvalue weighted by atomic mass is 10.2. The molecule has 2 rings (SSSR count). The SMILES string of the molecule is CCOC(=O)/C(CN1CCN(c2ccc(F)cc2)CC1)=N\OC. The van der Waals surface area contributed by atoms with Crippen LogP contribution in [-0.2, 0) is 14.4 Å². The molecule has 6 nitrogen and oxygen atoms in total. The number of carbonyl (C=O) groups is 1. The van der Waals surface area contributed by atoms with Gasteiger partial charge in [0.25, 0.3) is 0 Å². The topological polar surface area (TPSA) is 54.4 Å². The molecule has 7 heteroatoms. The maximum atomic E-state index is 13.0. The Bertz CT molecular complexity index is 540. The van der Waals surface area contributed by atoms with Gasteiger partial charge in [0, 0.05) is 31.9 Å². The summed E-state index contributed by atoms with van der Waals surface area (Å²) in [6.07, 6.45) is 0. The molecular formula is C16H22FN3O3. The van der Waals surface area contributed by atoms with E-state index >= 15 is 0 Å². The number of halogens is 1. The van der Waals surface area contributed by atoms with Crippen LogP contribution >= 0.6 is 0 Å². The highest BCUT2D eigenvalue weighted by Crippen LogP contribution is 2.16. The Morgan fingerprint density at radius 1 is 1.22 bits per heavy atom. The molecule has 0 radical (unpaired) electrons. The summed E-state index contributed by atoms with van der Waals surface area (Å²) in [6.45, 7) is 5.61. The van der Waals surface area contributed by atoms with Gasteiger partial charge >= 0.3 is 5.97 Å². The van der Waals surface area contributed by atoms with E-state index in [0.717, 1.165) is 31.9 Å². The number of carbonyl (C=O) groups excluding carboxylic acids is 1. The summed E-state index contributed by atoms with van der Waals surface area (Å²) in [5, 5.41) is 3.77. The molecule has 0 unspecified atom stereocenters. The summed E-state index contributed by atoms with van der Waals surface area (Å²) in [4.78, 5) is 20.9. The number of piperazine rings is 1. The van der Waals surface area contributed by atoms with Gasteiger partial charge in [-0.3, -0.25) is 4.90 Å². The molecule has 1 aromatic carbocycles. The first-order valence-electron chi connectivity index (χ1n) is 7.64. The quantitative estimate of drug-likeness (QED) is 0.451. The van der Waals surface area contributed by atoms with Crippen LogP contribution in [0.15, 0.2) is 29.4 Å². The Labute approximate surface area is 135 Å². The van der Waals surface area contributed by atoms with Gasteiger partial charge in [-0.25, -0.2) is 9.18 Å². The van der Waals surface area contributed by atoms with Crippen LogP contribution in [0.4, 0.5) is 10.1 Å². The van der Waals surface area contributed by atoms with E-state index < -0.39 is 5.97 Å². The second-order valence-corrected chi connectivity index (χ2v) is 5.18. The van der Waals surface area contributed by atoms with Crippen molar-refractivity contribution in [2.24, 2.45) is 5.16 Å². The van der Waals surface area contributed by atoms with Crippen LogP contribution in [0.5, 0.6) is 0 Å². The van der Waals surface area contributed by atoms with Gasteiger partial charge in [-0.2, -0.15) is 0 Å². The molecule has 1 heterocycles. The molecule has 0 atom stereocenters. The zero-order chi connectivity index (χ0) is 16.7. The van der Waals surface area contributed by atoms with Crippen LogP contribution in [0.25, 0.3) is 0 Å². The van der Waals surface area contributed by atoms with Crippen LogP contribution in [0.1, 0.15) is 6.92 Å². The Balaban J connectivity index is 1.89. The summed E-state index contributed by atoms with van der Waals surface area (Å²) >= 11 is 0. The third-order valence-electron chi connectivity index (χ3n) is 3.65. The predicted molar refractivity (Wildman–Crippen MR) is 86.1 cm³/mol. The summed E-state index contributed by atoms with van der Waals surface area (Å²) < 4.78 is 18.0. The number of oxime groups is 1. The highest BCUT2D eigenvalue weighted by molar-refractivity contribution is 6.37. The minimum atomic E-state index is -0.449. The average molecular weight is 323 g/mol. The van der Waals surface area contributed by atoms with Crippen molar-refractivity contribution in [2.75, 3.05) is 51.3 Å². The van der Waals surface area contributed by atoms with Crippen LogP contribution in [0.2, 0.25) is 0 Å². The smallest absolute Gasteiger partial charge is 0.357 e. The van der Waals surface area contributed by atoms with Crippen LogP contribution in [0.3, 0.4) is 0 Å². The first-order chi connectivity index (χ1) is 11.1. The van der Waals surface area contributed by atoms with E-state index in [-0.39, 0.29) is 11.5 Å². The Hall–Kier alpha value is -2.15. The summed E-state index contributed by atoms with van der Waals surface area (Å²) in [7, 11) is 1.41. The molecule has 1 aliphatic rings. The summed E-state index contributed by atoms with van der Waals surface area (Å²) in [5.41, 5.74) is 1.27.